The molecule has 7 nitrogen and oxygen atoms in total. The number of carbonyl (C=O) groups excluding carboxylic acids is 2. The molecule has 1 aliphatic carbocycles. The lowest BCUT2D eigenvalue weighted by molar-refractivity contribution is -0.135. The Kier molecular flexibility index (Phi) is 6.86. The van der Waals surface area contributed by atoms with Gasteiger partial charge in [-0.1, -0.05) is 12.5 Å². The Morgan fingerprint density at radius 2 is 1.92 bits per heavy atom. The zero-order valence-corrected chi connectivity index (χ0v) is 21.0. The number of rotatable bonds is 5. The molecule has 5 rings (SSSR count). The molecule has 0 spiro atoms. The van der Waals surface area contributed by atoms with Crippen LogP contribution in [-0.4, -0.2) is 39.4 Å². The maximum atomic E-state index is 14.6. The lowest BCUT2D eigenvalue weighted by atomic mass is 9.82. The molecule has 0 bridgehead atoms. The molecule has 1 aliphatic heterocycles. The van der Waals surface area contributed by atoms with Gasteiger partial charge in [-0.2, -0.15) is 18.4 Å². The molecular formula is C28H28F3N5O2. The van der Waals surface area contributed by atoms with Crippen LogP contribution >= 0.6 is 0 Å². The predicted molar refractivity (Wildman–Crippen MR) is 135 cm³/mol. The molecule has 3 aromatic rings. The van der Waals surface area contributed by atoms with Crippen LogP contribution < -0.4 is 5.32 Å². The van der Waals surface area contributed by atoms with Crippen molar-refractivity contribution in [1.29, 1.82) is 5.26 Å². The van der Waals surface area contributed by atoms with E-state index in [2.05, 4.69) is 10.3 Å². The summed E-state index contributed by atoms with van der Waals surface area (Å²) in [4.78, 5) is 31.6. The average Bonchev–Trinajstić information content (AvgIpc) is 3.21. The Morgan fingerprint density at radius 1 is 1.18 bits per heavy atom. The summed E-state index contributed by atoms with van der Waals surface area (Å²) in [7, 11) is 1.65. The molecule has 2 aliphatic rings. The maximum absolute atomic E-state index is 14.6. The number of pyridine rings is 1. The van der Waals surface area contributed by atoms with Crippen LogP contribution in [0.2, 0.25) is 0 Å². The summed E-state index contributed by atoms with van der Waals surface area (Å²) in [5, 5.41) is 11.4. The largest absolute Gasteiger partial charge is 0.419 e. The molecule has 0 atom stereocenters. The van der Waals surface area contributed by atoms with Gasteiger partial charge in [0, 0.05) is 43.7 Å². The number of nitrogens with one attached hydrogen (secondary N) is 1. The first kappa shape index (κ1) is 25.8. The first-order valence-electron chi connectivity index (χ1n) is 12.8. The molecule has 1 aromatic carbocycles. The number of alkyl halides is 3. The van der Waals surface area contributed by atoms with Gasteiger partial charge in [0.2, 0.25) is 5.91 Å². The van der Waals surface area contributed by atoms with Gasteiger partial charge < -0.3 is 14.8 Å². The number of carbonyl (C=O) groups is 2. The van der Waals surface area contributed by atoms with Gasteiger partial charge in [0.15, 0.2) is 0 Å². The highest BCUT2D eigenvalue weighted by Gasteiger charge is 2.39. The molecule has 2 aromatic heterocycles. The molecule has 0 unspecified atom stereocenters. The summed E-state index contributed by atoms with van der Waals surface area (Å²) in [5.74, 6) is -0.332. The number of benzene rings is 1. The number of amides is 2. The Labute approximate surface area is 218 Å². The number of anilines is 1. The monoisotopic (exact) mass is 523 g/mol. The molecule has 198 valence electrons. The van der Waals surface area contributed by atoms with E-state index in [0.717, 1.165) is 19.0 Å². The van der Waals surface area contributed by atoms with Crippen LogP contribution in [0, 0.1) is 17.2 Å². The van der Waals surface area contributed by atoms with Gasteiger partial charge in [-0.3, -0.25) is 9.59 Å². The van der Waals surface area contributed by atoms with Crippen molar-refractivity contribution in [1.82, 2.24) is 14.5 Å². The molecule has 1 saturated carbocycles. The van der Waals surface area contributed by atoms with Crippen molar-refractivity contribution in [3.8, 4) is 6.07 Å². The molecule has 2 amide bonds. The first-order chi connectivity index (χ1) is 18.2. The van der Waals surface area contributed by atoms with Crippen molar-refractivity contribution < 1.29 is 22.8 Å². The Hall–Kier alpha value is -3.87. The van der Waals surface area contributed by atoms with Gasteiger partial charge in [-0.25, -0.2) is 4.98 Å². The summed E-state index contributed by atoms with van der Waals surface area (Å²) < 4.78 is 45.2. The van der Waals surface area contributed by atoms with E-state index in [4.69, 9.17) is 5.26 Å². The van der Waals surface area contributed by atoms with E-state index < -0.39 is 23.3 Å². The quantitative estimate of drug-likeness (QED) is 0.471. The second-order valence-electron chi connectivity index (χ2n) is 10.2. The van der Waals surface area contributed by atoms with Gasteiger partial charge >= 0.3 is 6.18 Å². The summed E-state index contributed by atoms with van der Waals surface area (Å²) in [6.45, 7) is 1.01. The Bertz CT molecular complexity index is 1430. The topological polar surface area (TPSA) is 91.0 Å². The number of aryl methyl sites for hydroxylation is 1. The number of hydrogen-bond acceptors (Lipinski definition) is 4. The second kappa shape index (κ2) is 10.1. The molecule has 1 saturated heterocycles. The summed E-state index contributed by atoms with van der Waals surface area (Å²) >= 11 is 0. The van der Waals surface area contributed by atoms with Gasteiger partial charge in [-0.05, 0) is 61.3 Å². The minimum Gasteiger partial charge on any atom is -0.343 e. The van der Waals surface area contributed by atoms with Crippen LogP contribution in [0.4, 0.5) is 18.9 Å². The minimum atomic E-state index is -4.76. The minimum absolute atomic E-state index is 0.0252. The normalized spacial score (nSPS) is 16.8. The molecule has 0 radical (unpaired) electrons. The van der Waals surface area contributed by atoms with E-state index in [9.17, 15) is 22.8 Å². The van der Waals surface area contributed by atoms with Gasteiger partial charge in [0.25, 0.3) is 5.91 Å². The molecular weight excluding hydrogens is 495 g/mol. The zero-order valence-electron chi connectivity index (χ0n) is 21.0. The number of piperidine rings is 1. The third-order valence-electron chi connectivity index (χ3n) is 7.78. The Morgan fingerprint density at radius 3 is 2.55 bits per heavy atom. The van der Waals surface area contributed by atoms with Crippen LogP contribution in [-0.2, 0) is 18.0 Å². The third-order valence-corrected chi connectivity index (χ3v) is 7.78. The second-order valence-corrected chi connectivity index (χ2v) is 10.2. The van der Waals surface area contributed by atoms with Crippen LogP contribution in [0.25, 0.3) is 11.0 Å². The lowest BCUT2D eigenvalue weighted by Gasteiger charge is -2.34. The third kappa shape index (κ3) is 4.97. The summed E-state index contributed by atoms with van der Waals surface area (Å²) in [6.07, 6.45) is 2.99. The van der Waals surface area contributed by atoms with Crippen molar-refractivity contribution in [3.05, 3.63) is 58.9 Å². The van der Waals surface area contributed by atoms with Gasteiger partial charge in [0.05, 0.1) is 29.1 Å². The number of hydrogen-bond donors (Lipinski definition) is 1. The fourth-order valence-electron chi connectivity index (χ4n) is 5.51. The number of nitriles is 1. The van der Waals surface area contributed by atoms with Gasteiger partial charge in [-0.15, -0.1) is 0 Å². The molecule has 1 N–H and O–H groups in total. The first-order valence-corrected chi connectivity index (χ1v) is 12.8. The maximum Gasteiger partial charge on any atom is 0.419 e. The fraction of sp³-hybridized carbons (Fsp3) is 0.429. The fourth-order valence-corrected chi connectivity index (χ4v) is 5.51. The SMILES string of the molecule is Cn1cc(C2CCN(C(=O)CC3CCC3)CC2)c2c(C(F)(F)F)c(NC(=O)c3cccc(C#N)c3)cnc21. The van der Waals surface area contributed by atoms with Crippen molar-refractivity contribution in [2.75, 3.05) is 18.4 Å². The van der Waals surface area contributed by atoms with Crippen molar-refractivity contribution in [2.24, 2.45) is 13.0 Å². The highest BCUT2D eigenvalue weighted by molar-refractivity contribution is 6.06. The van der Waals surface area contributed by atoms with E-state index in [-0.39, 0.29) is 34.0 Å². The lowest BCUT2D eigenvalue weighted by Crippen LogP contribution is -2.39. The number of halogens is 3. The van der Waals surface area contributed by atoms with Crippen LogP contribution in [0.5, 0.6) is 0 Å². The number of likely N-dealkylation sites (tertiary alicyclic amines) is 1. The number of nitrogens with zero attached hydrogens (tertiary/aromatic N) is 4. The van der Waals surface area contributed by atoms with E-state index in [1.54, 1.807) is 17.8 Å². The molecule has 2 fully saturated rings. The highest BCUT2D eigenvalue weighted by atomic mass is 19.4. The predicted octanol–water partition coefficient (Wildman–Crippen LogP) is 5.61. The van der Waals surface area contributed by atoms with E-state index in [1.165, 1.54) is 30.7 Å². The van der Waals surface area contributed by atoms with Crippen molar-refractivity contribution in [3.63, 3.8) is 0 Å². The van der Waals surface area contributed by atoms with Crippen molar-refractivity contribution in [2.45, 2.75) is 50.6 Å². The van der Waals surface area contributed by atoms with Crippen LogP contribution in [0.3, 0.4) is 0 Å². The average molecular weight is 524 g/mol. The van der Waals surface area contributed by atoms with Crippen LogP contribution in [0.1, 0.15) is 71.5 Å². The molecule has 38 heavy (non-hydrogen) atoms. The molecule has 10 heteroatoms. The standard InChI is InChI=1S/C28H28F3N5O2/c1-35-16-21(19-8-10-36(11-9-19)23(37)13-17-4-2-5-17)24-25(28(29,30)31)22(15-33-26(24)35)34-27(38)20-7-3-6-18(12-20)14-32/h3,6-7,12,15-17,19H,2,4-5,8-11,13H2,1H3,(H,34,38). The zero-order chi connectivity index (χ0) is 27.0. The van der Waals surface area contributed by atoms with E-state index in [0.29, 0.717) is 43.8 Å². The summed E-state index contributed by atoms with van der Waals surface area (Å²) in [6, 6.07) is 7.68. The van der Waals surface area contributed by atoms with E-state index in [1.807, 2.05) is 11.0 Å². The van der Waals surface area contributed by atoms with Gasteiger partial charge in [0.1, 0.15) is 5.65 Å². The summed E-state index contributed by atoms with van der Waals surface area (Å²) in [5.41, 5.74) is -0.366. The van der Waals surface area contributed by atoms with E-state index >= 15 is 0 Å². The Balaban J connectivity index is 1.45. The highest BCUT2D eigenvalue weighted by Crippen LogP contribution is 2.44. The van der Waals surface area contributed by atoms with Crippen LogP contribution in [0.15, 0.2) is 36.7 Å². The van der Waals surface area contributed by atoms with Crippen molar-refractivity contribution >= 4 is 28.5 Å². The number of fused-ring (bicyclic) bond motifs is 1. The smallest absolute Gasteiger partial charge is 0.343 e. The number of aromatic nitrogens is 2. The molecule has 3 heterocycles.